The lowest BCUT2D eigenvalue weighted by Gasteiger charge is -2.07. The standard InChI is InChI=1S/C19H18F3NO2/c20-17-4-2-1-3-14(17)15-11-16(15)18(24)23-10-9-12-5-7-13(8-6-12)25-19(21)22/h1-8,15-16,19H,9-11H2,(H,23,24). The van der Waals surface area contributed by atoms with Gasteiger partial charge in [0.1, 0.15) is 11.6 Å². The Kier molecular flexibility index (Phi) is 5.26. The second-order valence-electron chi connectivity index (χ2n) is 6.03. The van der Waals surface area contributed by atoms with Crippen molar-refractivity contribution in [3.63, 3.8) is 0 Å². The topological polar surface area (TPSA) is 38.3 Å². The Morgan fingerprint density at radius 3 is 2.56 bits per heavy atom. The SMILES string of the molecule is O=C(NCCc1ccc(OC(F)F)cc1)C1CC1c1ccccc1F. The quantitative estimate of drug-likeness (QED) is 0.824. The summed E-state index contributed by atoms with van der Waals surface area (Å²) in [6, 6.07) is 12.8. The second-order valence-corrected chi connectivity index (χ2v) is 6.03. The Labute approximate surface area is 143 Å². The molecule has 0 bridgehead atoms. The molecule has 3 nitrogen and oxygen atoms in total. The highest BCUT2D eigenvalue weighted by Gasteiger charge is 2.44. The maximum absolute atomic E-state index is 13.7. The fourth-order valence-corrected chi connectivity index (χ4v) is 2.90. The number of benzene rings is 2. The van der Waals surface area contributed by atoms with Crippen molar-refractivity contribution in [1.82, 2.24) is 5.32 Å². The lowest BCUT2D eigenvalue weighted by molar-refractivity contribution is -0.122. The van der Waals surface area contributed by atoms with Gasteiger partial charge in [0.15, 0.2) is 0 Å². The predicted octanol–water partition coefficient (Wildman–Crippen LogP) is 3.89. The zero-order valence-corrected chi connectivity index (χ0v) is 13.4. The number of nitrogens with one attached hydrogen (secondary N) is 1. The zero-order chi connectivity index (χ0) is 17.8. The van der Waals surface area contributed by atoms with E-state index in [0.717, 1.165) is 5.56 Å². The molecule has 0 radical (unpaired) electrons. The minimum atomic E-state index is -2.84. The van der Waals surface area contributed by atoms with Crippen molar-refractivity contribution in [3.05, 3.63) is 65.5 Å². The van der Waals surface area contributed by atoms with Crippen LogP contribution in [0.15, 0.2) is 48.5 Å². The normalized spacial score (nSPS) is 18.9. The van der Waals surface area contributed by atoms with Gasteiger partial charge in [0.2, 0.25) is 5.91 Å². The van der Waals surface area contributed by atoms with Gasteiger partial charge in [-0.2, -0.15) is 8.78 Å². The van der Waals surface area contributed by atoms with Crippen LogP contribution in [0.25, 0.3) is 0 Å². The highest BCUT2D eigenvalue weighted by Crippen LogP contribution is 2.48. The summed E-state index contributed by atoms with van der Waals surface area (Å²) in [6.45, 7) is -2.40. The molecule has 0 saturated heterocycles. The van der Waals surface area contributed by atoms with E-state index in [2.05, 4.69) is 10.1 Å². The molecule has 132 valence electrons. The van der Waals surface area contributed by atoms with Crippen LogP contribution in [0.1, 0.15) is 23.5 Å². The smallest absolute Gasteiger partial charge is 0.387 e. The highest BCUT2D eigenvalue weighted by molar-refractivity contribution is 5.82. The van der Waals surface area contributed by atoms with Crippen LogP contribution in [0.5, 0.6) is 5.75 Å². The number of halogens is 3. The molecule has 25 heavy (non-hydrogen) atoms. The van der Waals surface area contributed by atoms with Crippen LogP contribution in [-0.4, -0.2) is 19.1 Å². The van der Waals surface area contributed by atoms with Gasteiger partial charge < -0.3 is 10.1 Å². The molecule has 1 amide bonds. The molecule has 2 unspecified atom stereocenters. The molecule has 0 heterocycles. The van der Waals surface area contributed by atoms with Crippen molar-refractivity contribution in [2.45, 2.75) is 25.4 Å². The first kappa shape index (κ1) is 17.3. The molecule has 1 aliphatic rings. The lowest BCUT2D eigenvalue weighted by atomic mass is 10.1. The van der Waals surface area contributed by atoms with E-state index >= 15 is 0 Å². The van der Waals surface area contributed by atoms with Crippen molar-refractivity contribution >= 4 is 5.91 Å². The van der Waals surface area contributed by atoms with Crippen LogP contribution in [0.3, 0.4) is 0 Å². The van der Waals surface area contributed by atoms with Crippen molar-refractivity contribution in [2.24, 2.45) is 5.92 Å². The van der Waals surface area contributed by atoms with Gasteiger partial charge in [0, 0.05) is 12.5 Å². The average molecular weight is 349 g/mol. The zero-order valence-electron chi connectivity index (χ0n) is 13.4. The van der Waals surface area contributed by atoms with Gasteiger partial charge in [0.25, 0.3) is 0 Å². The van der Waals surface area contributed by atoms with Crippen LogP contribution in [-0.2, 0) is 11.2 Å². The van der Waals surface area contributed by atoms with Crippen molar-refractivity contribution in [1.29, 1.82) is 0 Å². The Balaban J connectivity index is 1.44. The molecule has 0 spiro atoms. The molecule has 2 aromatic rings. The number of hydrogen-bond donors (Lipinski definition) is 1. The van der Waals surface area contributed by atoms with Gasteiger partial charge in [-0.3, -0.25) is 4.79 Å². The summed E-state index contributed by atoms with van der Waals surface area (Å²) in [5.41, 5.74) is 1.50. The van der Waals surface area contributed by atoms with Gasteiger partial charge in [-0.1, -0.05) is 30.3 Å². The third-order valence-electron chi connectivity index (χ3n) is 4.29. The Morgan fingerprint density at radius 1 is 1.16 bits per heavy atom. The fraction of sp³-hybridized carbons (Fsp3) is 0.316. The van der Waals surface area contributed by atoms with E-state index in [1.165, 1.54) is 18.2 Å². The minimum Gasteiger partial charge on any atom is -0.435 e. The number of hydrogen-bond acceptors (Lipinski definition) is 2. The molecular weight excluding hydrogens is 331 g/mol. The second kappa shape index (κ2) is 7.59. The first-order chi connectivity index (χ1) is 12.0. The monoisotopic (exact) mass is 349 g/mol. The largest absolute Gasteiger partial charge is 0.435 e. The summed E-state index contributed by atoms with van der Waals surface area (Å²) in [5.74, 6) is -0.473. The lowest BCUT2D eigenvalue weighted by Crippen LogP contribution is -2.27. The van der Waals surface area contributed by atoms with Gasteiger partial charge in [-0.25, -0.2) is 4.39 Å². The highest BCUT2D eigenvalue weighted by atomic mass is 19.3. The summed E-state index contributed by atoms with van der Waals surface area (Å²) < 4.78 is 42.2. The Morgan fingerprint density at radius 2 is 1.88 bits per heavy atom. The number of rotatable bonds is 7. The maximum Gasteiger partial charge on any atom is 0.387 e. The van der Waals surface area contributed by atoms with Crippen LogP contribution in [0.4, 0.5) is 13.2 Å². The number of carbonyl (C=O) groups excluding carboxylic acids is 1. The molecule has 6 heteroatoms. The van der Waals surface area contributed by atoms with E-state index in [4.69, 9.17) is 0 Å². The van der Waals surface area contributed by atoms with Crippen LogP contribution in [0.2, 0.25) is 0 Å². The molecule has 1 fully saturated rings. The predicted molar refractivity (Wildman–Crippen MR) is 87.0 cm³/mol. The Hall–Kier alpha value is -2.50. The summed E-state index contributed by atoms with van der Waals surface area (Å²) >= 11 is 0. The maximum atomic E-state index is 13.7. The molecule has 0 aromatic heterocycles. The molecule has 1 saturated carbocycles. The number of alkyl halides is 2. The summed E-state index contributed by atoms with van der Waals surface area (Å²) in [6.07, 6.45) is 1.24. The van der Waals surface area contributed by atoms with Crippen LogP contribution >= 0.6 is 0 Å². The van der Waals surface area contributed by atoms with Crippen LogP contribution < -0.4 is 10.1 Å². The molecule has 1 N–H and O–H groups in total. The van der Waals surface area contributed by atoms with E-state index in [0.29, 0.717) is 24.9 Å². The summed E-state index contributed by atoms with van der Waals surface area (Å²) in [5, 5.41) is 2.85. The number of carbonyl (C=O) groups is 1. The first-order valence-corrected chi connectivity index (χ1v) is 8.10. The molecular formula is C19H18F3NO2. The molecule has 0 aliphatic heterocycles. The molecule has 2 aromatic carbocycles. The Bertz CT molecular complexity index is 734. The van der Waals surface area contributed by atoms with Gasteiger partial charge in [0.05, 0.1) is 0 Å². The fourth-order valence-electron chi connectivity index (χ4n) is 2.90. The van der Waals surface area contributed by atoms with E-state index in [9.17, 15) is 18.0 Å². The molecule has 3 rings (SSSR count). The third-order valence-corrected chi connectivity index (χ3v) is 4.29. The van der Waals surface area contributed by atoms with E-state index in [1.54, 1.807) is 30.3 Å². The van der Waals surface area contributed by atoms with Crippen LogP contribution in [0, 0.1) is 11.7 Å². The van der Waals surface area contributed by atoms with Gasteiger partial charge in [-0.05, 0) is 48.1 Å². The molecule has 2 atom stereocenters. The van der Waals surface area contributed by atoms with Crippen molar-refractivity contribution in [3.8, 4) is 5.75 Å². The van der Waals surface area contributed by atoms with E-state index in [1.807, 2.05) is 0 Å². The summed E-state index contributed by atoms with van der Waals surface area (Å²) in [7, 11) is 0. The van der Waals surface area contributed by atoms with Crippen molar-refractivity contribution < 1.29 is 22.7 Å². The van der Waals surface area contributed by atoms with Crippen molar-refractivity contribution in [2.75, 3.05) is 6.54 Å². The summed E-state index contributed by atoms with van der Waals surface area (Å²) in [4.78, 5) is 12.1. The van der Waals surface area contributed by atoms with E-state index < -0.39 is 6.61 Å². The van der Waals surface area contributed by atoms with Gasteiger partial charge in [-0.15, -0.1) is 0 Å². The first-order valence-electron chi connectivity index (χ1n) is 8.10. The number of ether oxygens (including phenoxy) is 1. The average Bonchev–Trinajstić information content (AvgIpc) is 3.37. The number of amides is 1. The minimum absolute atomic E-state index is 0.0491. The molecule has 1 aliphatic carbocycles. The third kappa shape index (κ3) is 4.53. The van der Waals surface area contributed by atoms with Gasteiger partial charge >= 0.3 is 6.61 Å². The van der Waals surface area contributed by atoms with E-state index in [-0.39, 0.29) is 29.3 Å².